The third-order valence-electron chi connectivity index (χ3n) is 6.73. The first-order valence-electron chi connectivity index (χ1n) is 12.8. The summed E-state index contributed by atoms with van der Waals surface area (Å²) in [6.45, 7) is 0.688. The average Bonchev–Trinajstić information content (AvgIpc) is 3.25. The number of anilines is 1. The fourth-order valence-electron chi connectivity index (χ4n) is 4.81. The predicted molar refractivity (Wildman–Crippen MR) is 154 cm³/mol. The van der Waals surface area contributed by atoms with Gasteiger partial charge >= 0.3 is 10.4 Å². The summed E-state index contributed by atoms with van der Waals surface area (Å²) in [6, 6.07) is 15.3. The summed E-state index contributed by atoms with van der Waals surface area (Å²) >= 11 is 0. The van der Waals surface area contributed by atoms with E-state index in [-0.39, 0.29) is 29.1 Å². The zero-order valence-corrected chi connectivity index (χ0v) is 24.7. The summed E-state index contributed by atoms with van der Waals surface area (Å²) in [7, 11) is -7.25. The zero-order valence-electron chi connectivity index (χ0n) is 23.1. The van der Waals surface area contributed by atoms with E-state index in [1.165, 1.54) is 37.4 Å². The summed E-state index contributed by atoms with van der Waals surface area (Å²) < 4.78 is 93.5. The van der Waals surface area contributed by atoms with Crippen molar-refractivity contribution in [3.8, 4) is 22.8 Å². The van der Waals surface area contributed by atoms with Gasteiger partial charge in [0.25, 0.3) is 5.91 Å². The lowest BCUT2D eigenvalue weighted by atomic mass is 10.0. The molecule has 12 nitrogen and oxygen atoms in total. The van der Waals surface area contributed by atoms with Gasteiger partial charge in [0.2, 0.25) is 10.0 Å². The number of carbonyl (C=O) groups excluding carboxylic acids is 1. The molecule has 3 aromatic carbocycles. The van der Waals surface area contributed by atoms with Gasteiger partial charge in [0.1, 0.15) is 34.8 Å². The first-order chi connectivity index (χ1) is 20.2. The third kappa shape index (κ3) is 6.65. The van der Waals surface area contributed by atoms with E-state index >= 15 is 0 Å². The van der Waals surface area contributed by atoms with Crippen molar-refractivity contribution in [2.75, 3.05) is 30.8 Å². The van der Waals surface area contributed by atoms with Gasteiger partial charge in [-0.25, -0.2) is 17.0 Å². The smallest absolute Gasteiger partial charge is 0.397 e. The molecule has 2 atom stereocenters. The summed E-state index contributed by atoms with van der Waals surface area (Å²) in [6.07, 6.45) is -0.855. The molecule has 15 heteroatoms. The van der Waals surface area contributed by atoms with Gasteiger partial charge in [0, 0.05) is 29.6 Å². The van der Waals surface area contributed by atoms with Crippen LogP contribution in [0.3, 0.4) is 0 Å². The molecule has 0 saturated heterocycles. The lowest BCUT2D eigenvalue weighted by molar-refractivity contribution is -0.0179. The van der Waals surface area contributed by atoms with E-state index < -0.39 is 51.0 Å². The minimum Gasteiger partial charge on any atom is -0.457 e. The second kappa shape index (κ2) is 11.6. The number of benzene rings is 3. The number of fused-ring (bicyclic) bond motifs is 2. The van der Waals surface area contributed by atoms with Crippen LogP contribution in [-0.4, -0.2) is 59.9 Å². The van der Waals surface area contributed by atoms with Gasteiger partial charge in [-0.3, -0.25) is 13.7 Å². The molecule has 1 aliphatic heterocycles. The van der Waals surface area contributed by atoms with Gasteiger partial charge in [-0.2, -0.15) is 8.42 Å². The highest BCUT2D eigenvalue weighted by Gasteiger charge is 2.34. The number of furan rings is 1. The molecule has 1 aliphatic rings. The number of rotatable bonds is 8. The summed E-state index contributed by atoms with van der Waals surface area (Å²) in [5.74, 6) is 0.271. The largest absolute Gasteiger partial charge is 0.457 e. The Hall–Kier alpha value is -4.02. The molecule has 0 bridgehead atoms. The van der Waals surface area contributed by atoms with E-state index in [0.717, 1.165) is 10.6 Å². The van der Waals surface area contributed by atoms with Crippen molar-refractivity contribution in [1.29, 1.82) is 0 Å². The van der Waals surface area contributed by atoms with E-state index in [1.54, 1.807) is 37.3 Å². The number of hydrogen-bond acceptors (Lipinski definition) is 9. The van der Waals surface area contributed by atoms with Gasteiger partial charge < -0.3 is 19.2 Å². The molecule has 0 spiro atoms. The molecular weight excluding hydrogens is 607 g/mol. The molecule has 1 aromatic heterocycles. The first kappa shape index (κ1) is 30.4. The van der Waals surface area contributed by atoms with Gasteiger partial charge in [0.15, 0.2) is 0 Å². The Kier molecular flexibility index (Phi) is 8.20. The van der Waals surface area contributed by atoms with Crippen LogP contribution in [0.15, 0.2) is 65.1 Å². The fraction of sp³-hybridized carbons (Fsp3) is 0.250. The minimum absolute atomic E-state index is 0.195. The monoisotopic (exact) mass is 634 g/mol. The molecule has 0 unspecified atom stereocenters. The summed E-state index contributed by atoms with van der Waals surface area (Å²) in [5, 5.41) is 2.99. The van der Waals surface area contributed by atoms with Gasteiger partial charge in [-0.1, -0.05) is 0 Å². The van der Waals surface area contributed by atoms with Crippen LogP contribution in [0.2, 0.25) is 0 Å². The highest BCUT2D eigenvalue weighted by molar-refractivity contribution is 7.92. The van der Waals surface area contributed by atoms with Crippen molar-refractivity contribution >= 4 is 43.0 Å². The number of ether oxygens (including phenoxy) is 2. The van der Waals surface area contributed by atoms with E-state index in [0.29, 0.717) is 28.0 Å². The van der Waals surface area contributed by atoms with Gasteiger partial charge in [-0.15, -0.1) is 0 Å². The number of amides is 1. The topological polar surface area (TPSA) is 162 Å². The number of halogens is 1. The van der Waals surface area contributed by atoms with E-state index in [1.807, 2.05) is 0 Å². The van der Waals surface area contributed by atoms with Crippen molar-refractivity contribution in [3.05, 3.63) is 77.6 Å². The maximum absolute atomic E-state index is 13.2. The molecule has 0 aliphatic carbocycles. The average molecular weight is 635 g/mol. The van der Waals surface area contributed by atoms with Crippen molar-refractivity contribution in [2.45, 2.75) is 19.1 Å². The lowest BCUT2D eigenvalue weighted by Gasteiger charge is -2.24. The number of nitrogens with one attached hydrogen (secondary N) is 1. The quantitative estimate of drug-likeness (QED) is 0.265. The highest BCUT2D eigenvalue weighted by Crippen LogP contribution is 2.42. The lowest BCUT2D eigenvalue weighted by Crippen LogP contribution is -2.39. The number of sulfonamides is 1. The molecule has 228 valence electrons. The maximum Gasteiger partial charge on any atom is 0.397 e. The Morgan fingerprint density at radius 2 is 1.70 bits per heavy atom. The van der Waals surface area contributed by atoms with Crippen LogP contribution >= 0.6 is 0 Å². The highest BCUT2D eigenvalue weighted by atomic mass is 32.3. The Labute approximate surface area is 247 Å². The predicted octanol–water partition coefficient (Wildman–Crippen LogP) is 4.44. The first-order valence-corrected chi connectivity index (χ1v) is 16.1. The number of carbonyl (C=O) groups is 1. The second-order valence-corrected chi connectivity index (χ2v) is 12.8. The van der Waals surface area contributed by atoms with E-state index in [4.69, 9.17) is 18.4 Å². The SMILES string of the molecule is CNC(=O)c1c(-c2ccc(Oc3ccc(F)cc3)cc2)oc2cc3c(cc12)[C@H](C)O[C@H](COS(=O)(=O)O)CN3S(C)(=O)=O. The zero-order chi connectivity index (χ0) is 31.1. The molecule has 43 heavy (non-hydrogen) atoms. The van der Waals surface area contributed by atoms with Crippen LogP contribution in [0.5, 0.6) is 11.5 Å². The molecular formula is C28H27FN2O10S2. The standard InChI is InChI=1S/C28H27FN2O10S2/c1-16-22-12-23-25(13-24(22)31(42(3,33)34)14-21(39-16)15-38-43(35,36)37)41-27(26(23)28(32)30-2)17-4-8-19(9-5-17)40-20-10-6-18(29)7-11-20/h4-13,16,21H,14-15H2,1-3H3,(H,30,32)(H,35,36,37)/t16-,21-/m0/s1. The molecule has 1 amide bonds. The molecule has 5 rings (SSSR count). The minimum atomic E-state index is -4.79. The maximum atomic E-state index is 13.2. The van der Waals surface area contributed by atoms with Crippen molar-refractivity contribution < 1.29 is 48.6 Å². The molecule has 2 heterocycles. The Morgan fingerprint density at radius 1 is 1.07 bits per heavy atom. The van der Waals surface area contributed by atoms with Crippen molar-refractivity contribution in [3.63, 3.8) is 0 Å². The molecule has 0 fully saturated rings. The van der Waals surface area contributed by atoms with Crippen LogP contribution in [0, 0.1) is 5.82 Å². The molecule has 0 radical (unpaired) electrons. The summed E-state index contributed by atoms with van der Waals surface area (Å²) in [5.41, 5.74) is 1.55. The molecule has 0 saturated carbocycles. The fourth-order valence-corrected chi connectivity index (χ4v) is 6.09. The van der Waals surface area contributed by atoms with Crippen LogP contribution in [0.1, 0.15) is 28.9 Å². The number of nitrogens with zero attached hydrogens (tertiary/aromatic N) is 1. The van der Waals surface area contributed by atoms with Crippen molar-refractivity contribution in [2.24, 2.45) is 0 Å². The third-order valence-corrected chi connectivity index (χ3v) is 8.31. The Morgan fingerprint density at radius 3 is 2.28 bits per heavy atom. The Bertz CT molecular complexity index is 1890. The molecule has 2 N–H and O–H groups in total. The van der Waals surface area contributed by atoms with Crippen LogP contribution in [0.4, 0.5) is 10.1 Å². The summed E-state index contributed by atoms with van der Waals surface area (Å²) in [4.78, 5) is 13.1. The van der Waals surface area contributed by atoms with Gasteiger partial charge in [-0.05, 0) is 61.5 Å². The van der Waals surface area contributed by atoms with Crippen molar-refractivity contribution in [1.82, 2.24) is 5.32 Å². The second-order valence-electron chi connectivity index (χ2n) is 9.78. The normalized spacial score (nSPS) is 17.4. The van der Waals surface area contributed by atoms with E-state index in [2.05, 4.69) is 9.50 Å². The molecule has 4 aromatic rings. The van der Waals surface area contributed by atoms with Crippen LogP contribution in [0.25, 0.3) is 22.3 Å². The van der Waals surface area contributed by atoms with E-state index in [9.17, 15) is 26.0 Å². The van der Waals surface area contributed by atoms with Crippen LogP contribution < -0.4 is 14.4 Å². The van der Waals surface area contributed by atoms with Gasteiger partial charge in [0.05, 0.1) is 36.8 Å². The number of hydrogen-bond donors (Lipinski definition) is 2. The van der Waals surface area contributed by atoms with Crippen LogP contribution in [-0.2, 0) is 29.3 Å². The Balaban J connectivity index is 1.57.